The number of hydrogen-bond acceptors (Lipinski definition) is 5. The summed E-state index contributed by atoms with van der Waals surface area (Å²) in [6.07, 6.45) is 0. The molecule has 0 radical (unpaired) electrons. The molecule has 0 bridgehead atoms. The van der Waals surface area contributed by atoms with E-state index in [0.717, 1.165) is 101 Å². The highest BCUT2D eigenvalue weighted by Crippen LogP contribution is 2.67. The van der Waals surface area contributed by atoms with Crippen molar-refractivity contribution < 1.29 is 8.83 Å². The SMILES string of the molecule is CC(C)(C)c1ccc(N(c2ccc(C(C)(C)C)cc2)c2ccc(C3(c4ccc([Si](C)(C)C)cc4)c4cc(N(c5ccc(C(C)(C)C)cc5)c5cccc6c5oc5ccccc56)ccc4-c4c3cc(N(c3ccc(C(C)(C)C)cc3)c3cccc5c3oc3ccccc35)c3c4-c4ccccc4C3(C)C)cc2)cc1. The maximum Gasteiger partial charge on any atom is 0.159 e. The standard InChI is InChI=1S/C101H97N3O2Si/c1-96(2,3)64-36-48-70(49-37-64)102(71-50-38-65(39-51-71)97(4,5)6)72-56-44-68(45-57-72)101(69-46-59-76(60-47-69)107(15,16)17)84-62-75(103(73-52-40-66(41-53-73)98(7,8)9)86-32-24-29-79-77-26-19-22-34-89(77)105-94(79)86)58-61-82(84)91-85(101)63-88(93-92(91)81-28-18-21-31-83(81)100(93,13)14)104(74-54-42-67(43-55-74)99(10,11)12)87-33-25-30-80-78-27-20-23-35-90(78)106-95(80)87/h18-63H,1-17H3. The minimum Gasteiger partial charge on any atom is -0.454 e. The van der Waals surface area contributed by atoms with Crippen molar-refractivity contribution in [3.05, 3.63) is 335 Å². The second-order valence-electron chi connectivity index (χ2n) is 35.8. The predicted octanol–water partition coefficient (Wildman–Crippen LogP) is 28.3. The van der Waals surface area contributed by atoms with Gasteiger partial charge in [-0.3, -0.25) is 0 Å². The predicted molar refractivity (Wildman–Crippen MR) is 458 cm³/mol. The average Bonchev–Trinajstić information content (AvgIpc) is 1.50. The van der Waals surface area contributed by atoms with Crippen LogP contribution in [0.1, 0.15) is 153 Å². The summed E-state index contributed by atoms with van der Waals surface area (Å²) in [5.41, 5.74) is 28.5. The van der Waals surface area contributed by atoms with E-state index in [4.69, 9.17) is 8.83 Å². The lowest BCUT2D eigenvalue weighted by Crippen LogP contribution is -2.38. The molecule has 532 valence electrons. The first-order chi connectivity index (χ1) is 51.0. The molecule has 6 heteroatoms. The third-order valence-corrected chi connectivity index (χ3v) is 25.4. The van der Waals surface area contributed by atoms with E-state index in [-0.39, 0.29) is 21.7 Å². The van der Waals surface area contributed by atoms with Gasteiger partial charge in [0.25, 0.3) is 0 Å². The maximum absolute atomic E-state index is 7.24. The van der Waals surface area contributed by atoms with Gasteiger partial charge in [0.2, 0.25) is 0 Å². The molecule has 15 aromatic rings. The van der Waals surface area contributed by atoms with Gasteiger partial charge < -0.3 is 23.5 Å². The molecular formula is C101H97N3O2Si. The van der Waals surface area contributed by atoms with Gasteiger partial charge in [0.15, 0.2) is 11.2 Å². The maximum atomic E-state index is 7.24. The molecule has 0 N–H and O–H groups in total. The lowest BCUT2D eigenvalue weighted by molar-refractivity contribution is 0.590. The number of para-hydroxylation sites is 4. The van der Waals surface area contributed by atoms with Crippen molar-refractivity contribution in [2.75, 3.05) is 14.7 Å². The zero-order valence-corrected chi connectivity index (χ0v) is 66.2. The molecule has 1 atom stereocenters. The van der Waals surface area contributed by atoms with Crippen LogP contribution in [-0.4, -0.2) is 8.07 Å². The van der Waals surface area contributed by atoms with Gasteiger partial charge in [-0.2, -0.15) is 0 Å². The van der Waals surface area contributed by atoms with Crippen LogP contribution >= 0.6 is 0 Å². The fourth-order valence-electron chi connectivity index (χ4n) is 17.5. The van der Waals surface area contributed by atoms with Crippen LogP contribution in [0.5, 0.6) is 0 Å². The third kappa shape index (κ3) is 11.4. The summed E-state index contributed by atoms with van der Waals surface area (Å²) in [4.78, 5) is 7.46. The highest BCUT2D eigenvalue weighted by Gasteiger charge is 2.52. The smallest absolute Gasteiger partial charge is 0.159 e. The molecule has 0 saturated heterocycles. The molecule has 1 unspecified atom stereocenters. The molecule has 107 heavy (non-hydrogen) atoms. The summed E-state index contributed by atoms with van der Waals surface area (Å²) in [6.45, 7) is 39.9. The zero-order valence-electron chi connectivity index (χ0n) is 65.2. The minimum absolute atomic E-state index is 0.0180. The Labute approximate surface area is 633 Å². The summed E-state index contributed by atoms with van der Waals surface area (Å²) in [5, 5.41) is 5.74. The van der Waals surface area contributed by atoms with Crippen LogP contribution in [0.2, 0.25) is 19.6 Å². The van der Waals surface area contributed by atoms with Gasteiger partial charge >= 0.3 is 0 Å². The molecule has 2 aromatic heterocycles. The first kappa shape index (κ1) is 69.1. The Hall–Kier alpha value is -10.9. The molecule has 0 spiro atoms. The number of benzene rings is 13. The van der Waals surface area contributed by atoms with Crippen molar-refractivity contribution in [1.29, 1.82) is 0 Å². The fraction of sp³-hybridized carbons (Fsp3) is 0.228. The van der Waals surface area contributed by atoms with Crippen LogP contribution in [0, 0.1) is 0 Å². The monoisotopic (exact) mass is 1410 g/mol. The summed E-state index contributed by atoms with van der Waals surface area (Å²) < 4.78 is 14.3. The molecule has 5 nitrogen and oxygen atoms in total. The third-order valence-electron chi connectivity index (χ3n) is 23.3. The summed E-state index contributed by atoms with van der Waals surface area (Å²) >= 11 is 0. The number of rotatable bonds is 12. The van der Waals surface area contributed by atoms with Crippen molar-refractivity contribution in [3.63, 3.8) is 0 Å². The van der Waals surface area contributed by atoms with Crippen LogP contribution in [0.25, 0.3) is 66.1 Å². The van der Waals surface area contributed by atoms with Crippen LogP contribution in [0.4, 0.5) is 51.2 Å². The number of fused-ring (bicyclic) bond motifs is 13. The van der Waals surface area contributed by atoms with E-state index in [9.17, 15) is 0 Å². The van der Waals surface area contributed by atoms with E-state index in [1.54, 1.807) is 0 Å². The highest BCUT2D eigenvalue weighted by atomic mass is 28.3. The molecule has 2 aliphatic carbocycles. The molecule has 13 aromatic carbocycles. The number of furan rings is 2. The van der Waals surface area contributed by atoms with Crippen LogP contribution in [0.15, 0.2) is 288 Å². The Morgan fingerprint density at radius 3 is 1.13 bits per heavy atom. The van der Waals surface area contributed by atoms with Gasteiger partial charge in [-0.05, 0) is 203 Å². The summed E-state index contributed by atoms with van der Waals surface area (Å²) in [7, 11) is -1.86. The Kier molecular flexibility index (Phi) is 16.0. The quantitative estimate of drug-likeness (QED) is 0.114. The van der Waals surface area contributed by atoms with E-state index in [1.807, 2.05) is 0 Å². The van der Waals surface area contributed by atoms with E-state index < -0.39 is 18.9 Å². The number of nitrogens with zero attached hydrogens (tertiary/aromatic N) is 3. The fourth-order valence-corrected chi connectivity index (χ4v) is 18.6. The molecule has 2 aliphatic rings. The Bertz CT molecular complexity index is 5900. The van der Waals surface area contributed by atoms with Gasteiger partial charge in [-0.15, -0.1) is 0 Å². The normalized spacial score (nSPS) is 14.9. The molecule has 17 rings (SSSR count). The molecular weight excluding hydrogens is 1320 g/mol. The molecule has 2 heterocycles. The van der Waals surface area contributed by atoms with Crippen LogP contribution in [-0.2, 0) is 32.5 Å². The van der Waals surface area contributed by atoms with Crippen LogP contribution < -0.4 is 19.9 Å². The topological polar surface area (TPSA) is 36.0 Å². The van der Waals surface area contributed by atoms with Crippen molar-refractivity contribution in [2.24, 2.45) is 0 Å². The lowest BCUT2D eigenvalue weighted by atomic mass is 9.67. The summed E-state index contributed by atoms with van der Waals surface area (Å²) in [5.74, 6) is 0. The number of anilines is 9. The first-order valence-corrected chi connectivity index (χ1v) is 41.8. The minimum atomic E-state index is -1.86. The van der Waals surface area contributed by atoms with E-state index in [2.05, 4.69) is 410 Å². The van der Waals surface area contributed by atoms with Crippen molar-refractivity contribution in [2.45, 2.75) is 149 Å². The van der Waals surface area contributed by atoms with Gasteiger partial charge in [0, 0.05) is 61.1 Å². The van der Waals surface area contributed by atoms with Gasteiger partial charge in [0.1, 0.15) is 11.2 Å². The highest BCUT2D eigenvalue weighted by molar-refractivity contribution is 6.88. The molecule has 0 saturated carbocycles. The Balaban J connectivity index is 1.01. The summed E-state index contributed by atoms with van der Waals surface area (Å²) in [6, 6.07) is 106. The van der Waals surface area contributed by atoms with Gasteiger partial charge in [-0.25, -0.2) is 0 Å². The first-order valence-electron chi connectivity index (χ1n) is 38.3. The van der Waals surface area contributed by atoms with Crippen molar-refractivity contribution in [1.82, 2.24) is 0 Å². The van der Waals surface area contributed by atoms with Crippen LogP contribution in [0.3, 0.4) is 0 Å². The number of hydrogen-bond donors (Lipinski definition) is 0. The van der Waals surface area contributed by atoms with Crippen molar-refractivity contribution in [3.8, 4) is 22.3 Å². The van der Waals surface area contributed by atoms with E-state index >= 15 is 0 Å². The van der Waals surface area contributed by atoms with E-state index in [0.29, 0.717) is 0 Å². The lowest BCUT2D eigenvalue weighted by Gasteiger charge is -2.38. The average molecular weight is 1410 g/mol. The zero-order chi connectivity index (χ0) is 74.6. The largest absolute Gasteiger partial charge is 0.454 e. The molecule has 0 fully saturated rings. The molecule has 0 aliphatic heterocycles. The van der Waals surface area contributed by atoms with E-state index in [1.165, 1.54) is 77.5 Å². The Morgan fingerprint density at radius 2 is 0.673 bits per heavy atom. The van der Waals surface area contributed by atoms with Crippen molar-refractivity contribution >= 4 is 108 Å². The second kappa shape index (κ2) is 24.8. The second-order valence-corrected chi connectivity index (χ2v) is 40.9. The molecule has 0 amide bonds. The Morgan fingerprint density at radius 1 is 0.299 bits per heavy atom. The van der Waals surface area contributed by atoms with Gasteiger partial charge in [-0.1, -0.05) is 298 Å². The van der Waals surface area contributed by atoms with Gasteiger partial charge in [0.05, 0.1) is 30.6 Å².